The summed E-state index contributed by atoms with van der Waals surface area (Å²) in [6.45, 7) is 1.92. The maximum atomic E-state index is 12.6. The summed E-state index contributed by atoms with van der Waals surface area (Å²) in [6, 6.07) is 14.7. The van der Waals surface area contributed by atoms with Gasteiger partial charge in [-0.05, 0) is 66.1 Å². The van der Waals surface area contributed by atoms with E-state index >= 15 is 0 Å². The molecule has 7 rings (SSSR count). The van der Waals surface area contributed by atoms with E-state index in [2.05, 4.69) is 20.5 Å². The van der Waals surface area contributed by atoms with E-state index in [9.17, 15) is 25.9 Å². The van der Waals surface area contributed by atoms with Crippen molar-refractivity contribution in [3.05, 3.63) is 91.9 Å². The molecule has 0 radical (unpaired) electrons. The van der Waals surface area contributed by atoms with E-state index in [0.29, 0.717) is 27.9 Å². The van der Waals surface area contributed by atoms with E-state index in [0.717, 1.165) is 77.3 Å². The smallest absolute Gasteiger partial charge is 0.294 e. The van der Waals surface area contributed by atoms with Gasteiger partial charge in [0.05, 0.1) is 15.4 Å². The Balaban J connectivity index is 1.68. The van der Waals surface area contributed by atoms with Gasteiger partial charge in [0.15, 0.2) is 0 Å². The molecule has 0 saturated heterocycles. The minimum Gasteiger partial charge on any atom is -0.744 e. The number of rotatable bonds is 3. The van der Waals surface area contributed by atoms with Crippen molar-refractivity contribution in [2.75, 3.05) is 13.1 Å². The summed E-state index contributed by atoms with van der Waals surface area (Å²) in [5.41, 5.74) is 3.29. The number of fused-ring (bicyclic) bond motifs is 4. The van der Waals surface area contributed by atoms with Crippen LogP contribution >= 0.6 is 15.9 Å². The summed E-state index contributed by atoms with van der Waals surface area (Å²) in [4.78, 5) is -1.39. The molecule has 0 amide bonds. The van der Waals surface area contributed by atoms with E-state index in [4.69, 9.17) is 4.74 Å². The predicted octanol–water partition coefficient (Wildman–Crippen LogP) is 3.49. The molecule has 0 aromatic heterocycles. The van der Waals surface area contributed by atoms with Crippen LogP contribution in [0, 0.1) is 0 Å². The highest BCUT2D eigenvalue weighted by Crippen LogP contribution is 2.42. The Labute approximate surface area is 238 Å². The van der Waals surface area contributed by atoms with Crippen molar-refractivity contribution in [3.8, 4) is 11.5 Å². The van der Waals surface area contributed by atoms with Crippen LogP contribution in [0.4, 0.5) is 0 Å². The quantitative estimate of drug-likeness (QED) is 0.237. The lowest BCUT2D eigenvalue weighted by Gasteiger charge is -2.27. The molecular weight excluding hydrogens is 618 g/mol. The van der Waals surface area contributed by atoms with Gasteiger partial charge in [-0.15, -0.1) is 0 Å². The molecule has 0 unspecified atom stereocenters. The van der Waals surface area contributed by atoms with Gasteiger partial charge in [0.25, 0.3) is 10.1 Å². The zero-order chi connectivity index (χ0) is 28.0. The first-order chi connectivity index (χ1) is 19.0. The van der Waals surface area contributed by atoms with Crippen molar-refractivity contribution in [3.63, 3.8) is 0 Å². The van der Waals surface area contributed by atoms with E-state index in [1.54, 1.807) is 0 Å². The minimum atomic E-state index is -5.15. The van der Waals surface area contributed by atoms with E-state index < -0.39 is 30.0 Å². The second-order valence-corrected chi connectivity index (χ2v) is 14.0. The summed E-state index contributed by atoms with van der Waals surface area (Å²) in [5.74, 6) is 1.13. The molecule has 3 aliphatic rings. The standard InChI is InChI=1S/C29H22BrNO7S2/c30-19-6-5-16-14-25-23(13-18(16)11-19)27(21-8-7-20(39(32,33)34)15-26(21)40(35,36)37)24-12-17-3-1-9-31-10-2-4-22(28(17)31)29(24)38-25/h5-8,11-15H,1-4,9-10H2,(H-,32,33,34,35,36,37). The van der Waals surface area contributed by atoms with Crippen molar-refractivity contribution in [1.29, 1.82) is 0 Å². The van der Waals surface area contributed by atoms with Gasteiger partial charge in [0, 0.05) is 44.8 Å². The third-order valence-electron chi connectivity index (χ3n) is 7.91. The van der Waals surface area contributed by atoms with Crippen LogP contribution in [0.3, 0.4) is 0 Å². The van der Waals surface area contributed by atoms with Crippen LogP contribution in [0.25, 0.3) is 16.3 Å². The normalized spacial score (nSPS) is 16.3. The third-order valence-corrected chi connectivity index (χ3v) is 10.1. The van der Waals surface area contributed by atoms with Gasteiger partial charge in [-0.1, -0.05) is 28.1 Å². The maximum absolute atomic E-state index is 12.6. The fourth-order valence-electron chi connectivity index (χ4n) is 6.28. The average molecular weight is 641 g/mol. The van der Waals surface area contributed by atoms with Crippen LogP contribution in [-0.2, 0) is 33.1 Å². The third kappa shape index (κ3) is 4.10. The fourth-order valence-corrected chi connectivity index (χ4v) is 7.95. The Hall–Kier alpha value is -3.09. The zero-order valence-electron chi connectivity index (χ0n) is 21.0. The topological polar surface area (TPSA) is 124 Å². The number of hydrogen-bond acceptors (Lipinski definition) is 6. The predicted molar refractivity (Wildman–Crippen MR) is 151 cm³/mol. The van der Waals surface area contributed by atoms with Crippen molar-refractivity contribution in [1.82, 2.24) is 4.58 Å². The first-order valence-corrected chi connectivity index (χ1v) is 16.4. The highest BCUT2D eigenvalue weighted by molar-refractivity contribution is 9.10. The van der Waals surface area contributed by atoms with Gasteiger partial charge in [-0.3, -0.25) is 4.55 Å². The fraction of sp³-hybridized carbons (Fsp3) is 0.207. The first kappa shape index (κ1) is 25.8. The lowest BCUT2D eigenvalue weighted by Crippen LogP contribution is -2.45. The van der Waals surface area contributed by atoms with Crippen LogP contribution in [0.5, 0.6) is 11.5 Å². The number of hydrogen-bond donors (Lipinski definition) is 1. The first-order valence-electron chi connectivity index (χ1n) is 12.8. The largest absolute Gasteiger partial charge is 0.744 e. The van der Waals surface area contributed by atoms with Crippen LogP contribution in [0.1, 0.15) is 35.1 Å². The molecule has 4 aromatic rings. The summed E-state index contributed by atoms with van der Waals surface area (Å²) in [5, 5.41) is 3.60. The molecule has 40 heavy (non-hydrogen) atoms. The van der Waals surface area contributed by atoms with Gasteiger partial charge in [-0.2, -0.15) is 8.42 Å². The Bertz CT molecular complexity index is 2150. The lowest BCUT2D eigenvalue weighted by molar-refractivity contribution is 0.437. The highest BCUT2D eigenvalue weighted by atomic mass is 79.9. The number of aryl methyl sites for hydroxylation is 1. The molecule has 0 bridgehead atoms. The SMILES string of the molecule is O=S(=O)([O-])c1cc(S(=O)(=O)O)ccc1C1=c2cc3c4c(c2Oc2cc5ccc(Br)cc5cc21)CCC[N+]=4CCC3. The van der Waals surface area contributed by atoms with Crippen LogP contribution in [0.15, 0.2) is 68.9 Å². The Morgan fingerprint density at radius 1 is 0.875 bits per heavy atom. The lowest BCUT2D eigenvalue weighted by atomic mass is 9.87. The van der Waals surface area contributed by atoms with Crippen molar-refractivity contribution >= 4 is 52.5 Å². The molecule has 1 N–H and O–H groups in total. The number of benzene rings is 4. The van der Waals surface area contributed by atoms with Crippen molar-refractivity contribution in [2.24, 2.45) is 0 Å². The van der Waals surface area contributed by atoms with E-state index in [-0.39, 0.29) is 5.56 Å². The Kier molecular flexibility index (Phi) is 5.79. The molecule has 8 nitrogen and oxygen atoms in total. The molecule has 3 aliphatic heterocycles. The second-order valence-electron chi connectivity index (χ2n) is 10.3. The number of halogens is 1. The maximum Gasteiger partial charge on any atom is 0.294 e. The summed E-state index contributed by atoms with van der Waals surface area (Å²) < 4.78 is 80.9. The summed E-state index contributed by atoms with van der Waals surface area (Å²) in [6.07, 6.45) is 3.58. The molecular formula is C29H22BrNO7S2. The molecule has 0 spiro atoms. The van der Waals surface area contributed by atoms with E-state index in [1.807, 2.05) is 36.4 Å². The van der Waals surface area contributed by atoms with Gasteiger partial charge < -0.3 is 9.29 Å². The minimum absolute atomic E-state index is 0.0539. The molecule has 3 heterocycles. The molecule has 0 saturated carbocycles. The zero-order valence-corrected chi connectivity index (χ0v) is 24.2. The van der Waals surface area contributed by atoms with Crippen molar-refractivity contribution in [2.45, 2.75) is 35.5 Å². The van der Waals surface area contributed by atoms with Gasteiger partial charge in [0.2, 0.25) is 5.36 Å². The highest BCUT2D eigenvalue weighted by Gasteiger charge is 2.32. The molecule has 11 heteroatoms. The average Bonchev–Trinajstić information content (AvgIpc) is 2.90. The van der Waals surface area contributed by atoms with Gasteiger partial charge in [0.1, 0.15) is 34.7 Å². The monoisotopic (exact) mass is 639 g/mol. The van der Waals surface area contributed by atoms with Gasteiger partial charge in [-0.25, -0.2) is 13.0 Å². The number of ether oxygens (including phenoxy) is 1. The Morgan fingerprint density at radius 3 is 2.40 bits per heavy atom. The van der Waals surface area contributed by atoms with E-state index in [1.165, 1.54) is 11.4 Å². The van der Waals surface area contributed by atoms with Crippen LogP contribution in [-0.4, -0.2) is 39.0 Å². The van der Waals surface area contributed by atoms with Gasteiger partial charge >= 0.3 is 0 Å². The number of nitrogens with zero attached hydrogens (tertiary/aromatic N) is 1. The molecule has 0 fully saturated rings. The molecule has 0 aliphatic carbocycles. The van der Waals surface area contributed by atoms with Crippen LogP contribution < -0.4 is 19.9 Å². The Morgan fingerprint density at radius 2 is 1.65 bits per heavy atom. The molecule has 4 aromatic carbocycles. The summed E-state index contributed by atoms with van der Waals surface area (Å²) >= 11 is 3.51. The van der Waals surface area contributed by atoms with Crippen LogP contribution in [0.2, 0.25) is 0 Å². The molecule has 0 atom stereocenters. The summed E-state index contributed by atoms with van der Waals surface area (Å²) in [7, 11) is -9.91. The second kappa shape index (κ2) is 8.95. The van der Waals surface area contributed by atoms with Crippen molar-refractivity contribution < 1.29 is 30.7 Å². The molecule has 204 valence electrons.